The molecule has 0 atom stereocenters. The van der Waals surface area contributed by atoms with Gasteiger partial charge in [-0.1, -0.05) is 24.3 Å². The molecule has 156 valence electrons. The number of nitro groups is 1. The van der Waals surface area contributed by atoms with Crippen LogP contribution >= 0.6 is 0 Å². The Morgan fingerprint density at radius 2 is 1.86 bits per heavy atom. The van der Waals surface area contributed by atoms with E-state index in [1.54, 1.807) is 0 Å². The number of alkyl halides is 3. The van der Waals surface area contributed by atoms with Gasteiger partial charge in [-0.3, -0.25) is 10.1 Å². The number of hydrogen-bond donors (Lipinski definition) is 0. The number of sulfonamides is 1. The van der Waals surface area contributed by atoms with Crippen LogP contribution in [0.2, 0.25) is 0 Å². The molecule has 2 aromatic carbocycles. The van der Waals surface area contributed by atoms with Crippen LogP contribution in [-0.4, -0.2) is 36.9 Å². The number of benzene rings is 2. The molecule has 1 saturated heterocycles. The lowest BCUT2D eigenvalue weighted by molar-refractivity contribution is -0.385. The van der Waals surface area contributed by atoms with Crippen LogP contribution in [0.15, 0.2) is 47.4 Å². The van der Waals surface area contributed by atoms with E-state index in [9.17, 15) is 31.7 Å². The van der Waals surface area contributed by atoms with Gasteiger partial charge in [0.15, 0.2) is 0 Å². The summed E-state index contributed by atoms with van der Waals surface area (Å²) in [7, 11) is -4.31. The Bertz CT molecular complexity index is 1040. The van der Waals surface area contributed by atoms with Crippen LogP contribution in [0.4, 0.5) is 18.9 Å². The van der Waals surface area contributed by atoms with E-state index in [4.69, 9.17) is 4.74 Å². The predicted molar refractivity (Wildman–Crippen MR) is 96.6 cm³/mol. The number of rotatable bonds is 6. The molecule has 11 heteroatoms. The lowest BCUT2D eigenvalue weighted by Crippen LogP contribution is -2.51. The number of hydrogen-bond acceptors (Lipinski definition) is 5. The molecular weight excluding hydrogens is 413 g/mol. The second-order valence-electron chi connectivity index (χ2n) is 6.60. The van der Waals surface area contributed by atoms with Crippen molar-refractivity contribution in [2.45, 2.75) is 30.6 Å². The van der Waals surface area contributed by atoms with Crippen molar-refractivity contribution in [3.8, 4) is 0 Å². The van der Waals surface area contributed by atoms with Crippen molar-refractivity contribution < 1.29 is 31.2 Å². The first-order valence-electron chi connectivity index (χ1n) is 8.51. The number of ether oxygens (including phenoxy) is 1. The molecular formula is C18H17F3N2O5S. The highest BCUT2D eigenvalue weighted by atomic mass is 32.2. The van der Waals surface area contributed by atoms with Gasteiger partial charge in [-0.25, -0.2) is 8.42 Å². The van der Waals surface area contributed by atoms with E-state index >= 15 is 0 Å². The van der Waals surface area contributed by atoms with Gasteiger partial charge < -0.3 is 4.74 Å². The maximum absolute atomic E-state index is 13.3. The quantitative estimate of drug-likeness (QED) is 0.517. The predicted octanol–water partition coefficient (Wildman–Crippen LogP) is 3.51. The second-order valence-corrected chi connectivity index (χ2v) is 8.49. The van der Waals surface area contributed by atoms with Crippen LogP contribution in [0.1, 0.15) is 16.7 Å². The fourth-order valence-electron chi connectivity index (χ4n) is 2.98. The van der Waals surface area contributed by atoms with E-state index in [2.05, 4.69) is 0 Å². The van der Waals surface area contributed by atoms with Crippen LogP contribution in [-0.2, 0) is 27.5 Å². The van der Waals surface area contributed by atoms with Crippen LogP contribution in [0.3, 0.4) is 0 Å². The van der Waals surface area contributed by atoms with E-state index in [0.717, 1.165) is 16.4 Å². The molecule has 0 N–H and O–H groups in total. The molecule has 7 nitrogen and oxygen atoms in total. The number of nitrogens with zero attached hydrogens (tertiary/aromatic N) is 2. The van der Waals surface area contributed by atoms with Crippen molar-refractivity contribution in [2.75, 3.05) is 13.2 Å². The minimum atomic E-state index is -4.65. The third-order valence-electron chi connectivity index (χ3n) is 4.66. The summed E-state index contributed by atoms with van der Waals surface area (Å²) in [6, 6.07) is 7.47. The molecule has 0 saturated carbocycles. The molecule has 0 radical (unpaired) electrons. The zero-order valence-electron chi connectivity index (χ0n) is 15.2. The summed E-state index contributed by atoms with van der Waals surface area (Å²) in [4.78, 5) is 10.1. The van der Waals surface area contributed by atoms with Gasteiger partial charge in [0, 0.05) is 18.2 Å². The maximum atomic E-state index is 13.3. The summed E-state index contributed by atoms with van der Waals surface area (Å²) in [5, 5.41) is 11.2. The Hall–Kier alpha value is -2.50. The van der Waals surface area contributed by atoms with Crippen LogP contribution in [0.25, 0.3) is 0 Å². The maximum Gasteiger partial charge on any atom is 0.416 e. The molecule has 0 amide bonds. The summed E-state index contributed by atoms with van der Waals surface area (Å²) < 4.78 is 72.3. The summed E-state index contributed by atoms with van der Waals surface area (Å²) in [5.41, 5.74) is -1.26. The van der Waals surface area contributed by atoms with E-state index in [0.29, 0.717) is 0 Å². The van der Waals surface area contributed by atoms with Gasteiger partial charge >= 0.3 is 6.18 Å². The van der Waals surface area contributed by atoms with E-state index in [-0.39, 0.29) is 34.9 Å². The third kappa shape index (κ3) is 4.26. The number of aryl methyl sites for hydroxylation is 1. The number of nitro benzene ring substituents is 1. The Balaban J connectivity index is 2.05. The van der Waals surface area contributed by atoms with Gasteiger partial charge in [-0.15, -0.1) is 0 Å². The van der Waals surface area contributed by atoms with Gasteiger partial charge in [0.05, 0.1) is 34.6 Å². The molecule has 0 unspecified atom stereocenters. The Morgan fingerprint density at radius 1 is 1.21 bits per heavy atom. The van der Waals surface area contributed by atoms with E-state index in [1.807, 2.05) is 0 Å². The molecule has 1 aliphatic heterocycles. The third-order valence-corrected chi connectivity index (χ3v) is 6.55. The highest BCUT2D eigenvalue weighted by molar-refractivity contribution is 7.89. The van der Waals surface area contributed by atoms with E-state index < -0.39 is 39.3 Å². The molecule has 0 aromatic heterocycles. The average molecular weight is 430 g/mol. The highest BCUT2D eigenvalue weighted by Crippen LogP contribution is 2.34. The average Bonchev–Trinajstić information content (AvgIpc) is 2.59. The zero-order valence-corrected chi connectivity index (χ0v) is 16.0. The standard InChI is InChI=1S/C18H17F3N2O5S/c1-12-6-7-15(8-17(12)23(24)25)29(26,27)22(14-10-28-11-14)9-13-4-2-3-5-16(13)18(19,20)21/h2-8,14H,9-11H2,1H3. The smallest absolute Gasteiger partial charge is 0.378 e. The van der Waals surface area contributed by atoms with Gasteiger partial charge in [-0.2, -0.15) is 17.5 Å². The minimum Gasteiger partial charge on any atom is -0.378 e. The molecule has 0 bridgehead atoms. The molecule has 2 aromatic rings. The fraction of sp³-hybridized carbons (Fsp3) is 0.333. The normalized spacial score (nSPS) is 15.3. The Labute approximate surface area is 164 Å². The van der Waals surface area contributed by atoms with Crippen LogP contribution in [0, 0.1) is 17.0 Å². The Kier molecular flexibility index (Phi) is 5.65. The van der Waals surface area contributed by atoms with Crippen molar-refractivity contribution in [1.82, 2.24) is 4.31 Å². The zero-order chi connectivity index (χ0) is 21.4. The van der Waals surface area contributed by atoms with Gasteiger partial charge in [0.25, 0.3) is 5.69 Å². The van der Waals surface area contributed by atoms with Crippen molar-refractivity contribution in [1.29, 1.82) is 0 Å². The molecule has 0 aliphatic carbocycles. The van der Waals surface area contributed by atoms with Crippen molar-refractivity contribution in [3.05, 3.63) is 69.3 Å². The van der Waals surface area contributed by atoms with Crippen molar-refractivity contribution in [2.24, 2.45) is 0 Å². The molecule has 1 fully saturated rings. The first kappa shape index (κ1) is 21.2. The van der Waals surface area contributed by atoms with Crippen molar-refractivity contribution >= 4 is 15.7 Å². The largest absolute Gasteiger partial charge is 0.416 e. The van der Waals surface area contributed by atoms with Gasteiger partial charge in [0.1, 0.15) is 0 Å². The lowest BCUT2D eigenvalue weighted by atomic mass is 10.1. The molecule has 1 heterocycles. The lowest BCUT2D eigenvalue weighted by Gasteiger charge is -2.36. The fourth-order valence-corrected chi connectivity index (χ4v) is 4.58. The molecule has 1 aliphatic rings. The second kappa shape index (κ2) is 7.73. The van der Waals surface area contributed by atoms with Gasteiger partial charge in [-0.05, 0) is 24.6 Å². The Morgan fingerprint density at radius 3 is 2.41 bits per heavy atom. The topological polar surface area (TPSA) is 89.8 Å². The number of halogens is 3. The highest BCUT2D eigenvalue weighted by Gasteiger charge is 2.39. The molecule has 29 heavy (non-hydrogen) atoms. The molecule has 3 rings (SSSR count). The summed E-state index contributed by atoms with van der Waals surface area (Å²) in [5.74, 6) is 0. The van der Waals surface area contributed by atoms with E-state index in [1.165, 1.54) is 37.3 Å². The van der Waals surface area contributed by atoms with Crippen LogP contribution < -0.4 is 0 Å². The summed E-state index contributed by atoms with van der Waals surface area (Å²) >= 11 is 0. The minimum absolute atomic E-state index is 0.0291. The monoisotopic (exact) mass is 430 g/mol. The van der Waals surface area contributed by atoms with Crippen LogP contribution in [0.5, 0.6) is 0 Å². The van der Waals surface area contributed by atoms with Gasteiger partial charge in [0.2, 0.25) is 10.0 Å². The summed E-state index contributed by atoms with van der Waals surface area (Å²) in [6.45, 7) is 0.988. The first-order valence-corrected chi connectivity index (χ1v) is 9.95. The summed E-state index contributed by atoms with van der Waals surface area (Å²) in [6.07, 6.45) is -4.65. The first-order chi connectivity index (χ1) is 13.5. The molecule has 0 spiro atoms. The SMILES string of the molecule is Cc1ccc(S(=O)(=O)N(Cc2ccccc2C(F)(F)F)C2COC2)cc1[N+](=O)[O-]. The van der Waals surface area contributed by atoms with Crippen molar-refractivity contribution in [3.63, 3.8) is 0 Å².